The molecule has 0 bridgehead atoms. The molecule has 1 aromatic rings. The molecule has 0 aliphatic heterocycles. The zero-order chi connectivity index (χ0) is 11.4. The quantitative estimate of drug-likeness (QED) is 0.803. The molecule has 0 heterocycles. The molecule has 2 unspecified atom stereocenters. The van der Waals surface area contributed by atoms with Crippen molar-refractivity contribution in [3.05, 3.63) is 35.4 Å². The minimum atomic E-state index is -0.526. The molecule has 0 saturated heterocycles. The number of hydrogen-bond acceptors (Lipinski definition) is 2. The van der Waals surface area contributed by atoms with Crippen LogP contribution in [0, 0.1) is 11.6 Å². The Kier molecular flexibility index (Phi) is 4.17. The highest BCUT2D eigenvalue weighted by molar-refractivity contribution is 5.18. The molecule has 0 radical (unpaired) electrons. The molecule has 84 valence electrons. The van der Waals surface area contributed by atoms with Gasteiger partial charge in [0.2, 0.25) is 0 Å². The van der Waals surface area contributed by atoms with Crippen LogP contribution in [0.15, 0.2) is 18.2 Å². The Labute approximate surface area is 87.9 Å². The van der Waals surface area contributed by atoms with Crippen molar-refractivity contribution in [1.29, 1.82) is 0 Å². The van der Waals surface area contributed by atoms with Crippen molar-refractivity contribution in [2.24, 2.45) is 0 Å². The van der Waals surface area contributed by atoms with Crippen LogP contribution in [0.5, 0.6) is 0 Å². The van der Waals surface area contributed by atoms with Gasteiger partial charge in [-0.3, -0.25) is 0 Å². The Hall–Kier alpha value is -1.00. The summed E-state index contributed by atoms with van der Waals surface area (Å²) in [6.07, 6.45) is -0.526. The zero-order valence-corrected chi connectivity index (χ0v) is 8.80. The topological polar surface area (TPSA) is 32.3 Å². The van der Waals surface area contributed by atoms with E-state index in [1.807, 2.05) is 0 Å². The van der Waals surface area contributed by atoms with Crippen molar-refractivity contribution in [1.82, 2.24) is 5.32 Å². The monoisotopic (exact) mass is 215 g/mol. The minimum Gasteiger partial charge on any atom is -0.392 e. The van der Waals surface area contributed by atoms with Crippen LogP contribution in [-0.4, -0.2) is 17.3 Å². The minimum absolute atomic E-state index is 0.160. The second-order valence-electron chi connectivity index (χ2n) is 3.65. The van der Waals surface area contributed by atoms with Crippen molar-refractivity contribution < 1.29 is 13.9 Å². The molecule has 1 rings (SSSR count). The number of rotatable bonds is 4. The maximum atomic E-state index is 13.2. The summed E-state index contributed by atoms with van der Waals surface area (Å²) in [6.45, 7) is 3.62. The maximum absolute atomic E-state index is 13.2. The summed E-state index contributed by atoms with van der Waals surface area (Å²) in [7, 11) is 0. The van der Waals surface area contributed by atoms with Crippen LogP contribution in [-0.2, 0) is 6.54 Å². The maximum Gasteiger partial charge on any atom is 0.127 e. The fourth-order valence-electron chi connectivity index (χ4n) is 1.12. The summed E-state index contributed by atoms with van der Waals surface area (Å²) in [5.74, 6) is -0.903. The summed E-state index contributed by atoms with van der Waals surface area (Å²) in [6, 6.07) is 3.17. The molecule has 0 aliphatic carbocycles. The predicted octanol–water partition coefficient (Wildman–Crippen LogP) is 1.82. The molecule has 0 fully saturated rings. The van der Waals surface area contributed by atoms with Crippen molar-refractivity contribution in [2.75, 3.05) is 0 Å². The lowest BCUT2D eigenvalue weighted by Gasteiger charge is -2.16. The smallest absolute Gasteiger partial charge is 0.127 e. The van der Waals surface area contributed by atoms with E-state index in [1.54, 1.807) is 13.8 Å². The molecule has 0 aromatic heterocycles. The number of nitrogens with one attached hydrogen (secondary N) is 1. The van der Waals surface area contributed by atoms with E-state index in [-0.39, 0.29) is 18.2 Å². The number of aliphatic hydroxyl groups excluding tert-OH is 1. The van der Waals surface area contributed by atoms with Crippen LogP contribution in [0.2, 0.25) is 0 Å². The third-order valence-corrected chi connectivity index (χ3v) is 2.35. The van der Waals surface area contributed by atoms with Gasteiger partial charge in [0.05, 0.1) is 6.10 Å². The first-order valence-corrected chi connectivity index (χ1v) is 4.86. The normalized spacial score (nSPS) is 15.0. The first-order chi connectivity index (χ1) is 7.00. The van der Waals surface area contributed by atoms with Crippen molar-refractivity contribution in [3.8, 4) is 0 Å². The lowest BCUT2D eigenvalue weighted by Crippen LogP contribution is -2.35. The van der Waals surface area contributed by atoms with Gasteiger partial charge >= 0.3 is 0 Å². The van der Waals surface area contributed by atoms with Gasteiger partial charge in [0.1, 0.15) is 11.6 Å². The van der Waals surface area contributed by atoms with Crippen LogP contribution in [0.1, 0.15) is 19.4 Å². The highest BCUT2D eigenvalue weighted by Crippen LogP contribution is 2.09. The lowest BCUT2D eigenvalue weighted by atomic mass is 10.1. The van der Waals surface area contributed by atoms with Gasteiger partial charge in [-0.05, 0) is 32.0 Å². The summed E-state index contributed by atoms with van der Waals surface area (Å²) >= 11 is 0. The molecule has 0 aliphatic rings. The summed E-state index contributed by atoms with van der Waals surface area (Å²) in [5.41, 5.74) is 0.266. The summed E-state index contributed by atoms with van der Waals surface area (Å²) in [5, 5.41) is 12.1. The molecule has 2 nitrogen and oxygen atoms in total. The molecular formula is C11H15F2NO. The Morgan fingerprint density at radius 1 is 1.33 bits per heavy atom. The Morgan fingerprint density at radius 2 is 2.00 bits per heavy atom. The molecule has 15 heavy (non-hydrogen) atoms. The molecule has 0 amide bonds. The van der Waals surface area contributed by atoms with E-state index >= 15 is 0 Å². The third kappa shape index (κ3) is 3.57. The third-order valence-electron chi connectivity index (χ3n) is 2.35. The van der Waals surface area contributed by atoms with Gasteiger partial charge in [-0.15, -0.1) is 0 Å². The molecule has 0 saturated carbocycles. The van der Waals surface area contributed by atoms with E-state index < -0.39 is 17.7 Å². The Morgan fingerprint density at radius 3 is 2.60 bits per heavy atom. The largest absolute Gasteiger partial charge is 0.392 e. The van der Waals surface area contributed by atoms with Gasteiger partial charge in [0.25, 0.3) is 0 Å². The average Bonchev–Trinajstić information content (AvgIpc) is 2.18. The number of hydrogen-bond donors (Lipinski definition) is 2. The van der Waals surface area contributed by atoms with Gasteiger partial charge < -0.3 is 10.4 Å². The fraction of sp³-hybridized carbons (Fsp3) is 0.455. The summed E-state index contributed by atoms with van der Waals surface area (Å²) < 4.78 is 25.9. The van der Waals surface area contributed by atoms with Gasteiger partial charge in [0.15, 0.2) is 0 Å². The first kappa shape index (κ1) is 12.1. The van der Waals surface area contributed by atoms with Gasteiger partial charge in [-0.1, -0.05) is 0 Å². The van der Waals surface area contributed by atoms with E-state index in [0.29, 0.717) is 0 Å². The number of aliphatic hydroxyl groups is 1. The standard InChI is InChI=1S/C11H15F2NO/c1-7(8(2)15)14-6-9-5-10(12)3-4-11(9)13/h3-5,7-8,14-15H,6H2,1-2H3. The van der Waals surface area contributed by atoms with Crippen LogP contribution >= 0.6 is 0 Å². The van der Waals surface area contributed by atoms with Gasteiger partial charge in [-0.25, -0.2) is 8.78 Å². The molecule has 2 atom stereocenters. The highest BCUT2D eigenvalue weighted by atomic mass is 19.1. The van der Waals surface area contributed by atoms with Gasteiger partial charge in [-0.2, -0.15) is 0 Å². The average molecular weight is 215 g/mol. The molecule has 2 N–H and O–H groups in total. The van der Waals surface area contributed by atoms with Crippen LogP contribution in [0.3, 0.4) is 0 Å². The lowest BCUT2D eigenvalue weighted by molar-refractivity contribution is 0.152. The number of halogens is 2. The van der Waals surface area contributed by atoms with Crippen molar-refractivity contribution >= 4 is 0 Å². The predicted molar refractivity (Wildman–Crippen MR) is 54.3 cm³/mol. The SMILES string of the molecule is CC(O)C(C)NCc1cc(F)ccc1F. The van der Waals surface area contributed by atoms with Crippen LogP contribution in [0.25, 0.3) is 0 Å². The van der Waals surface area contributed by atoms with Crippen LogP contribution in [0.4, 0.5) is 8.78 Å². The second kappa shape index (κ2) is 5.19. The molecule has 4 heteroatoms. The second-order valence-corrected chi connectivity index (χ2v) is 3.65. The Bertz CT molecular complexity index is 328. The van der Waals surface area contributed by atoms with E-state index in [1.165, 1.54) is 0 Å². The van der Waals surface area contributed by atoms with Crippen molar-refractivity contribution in [3.63, 3.8) is 0 Å². The first-order valence-electron chi connectivity index (χ1n) is 4.86. The van der Waals surface area contributed by atoms with E-state index in [0.717, 1.165) is 18.2 Å². The molecule has 0 spiro atoms. The van der Waals surface area contributed by atoms with E-state index in [4.69, 9.17) is 0 Å². The van der Waals surface area contributed by atoms with Crippen LogP contribution < -0.4 is 5.32 Å². The number of benzene rings is 1. The molecule has 1 aromatic carbocycles. The Balaban J connectivity index is 2.61. The van der Waals surface area contributed by atoms with Gasteiger partial charge in [0, 0.05) is 18.2 Å². The zero-order valence-electron chi connectivity index (χ0n) is 8.80. The highest BCUT2D eigenvalue weighted by Gasteiger charge is 2.09. The van der Waals surface area contributed by atoms with E-state index in [9.17, 15) is 13.9 Å². The van der Waals surface area contributed by atoms with Crippen molar-refractivity contribution in [2.45, 2.75) is 32.5 Å². The molecular weight excluding hydrogens is 200 g/mol. The summed E-state index contributed by atoms with van der Waals surface area (Å²) in [4.78, 5) is 0. The van der Waals surface area contributed by atoms with E-state index in [2.05, 4.69) is 5.32 Å². The fourth-order valence-corrected chi connectivity index (χ4v) is 1.12.